The molecule has 2 aliphatic rings. The lowest BCUT2D eigenvalue weighted by molar-refractivity contribution is -0.131. The van der Waals surface area contributed by atoms with Gasteiger partial charge in [0.05, 0.1) is 0 Å². The minimum absolute atomic E-state index is 0.0255. The average molecular weight is 285 g/mol. The lowest BCUT2D eigenvalue weighted by Gasteiger charge is -2.34. The van der Waals surface area contributed by atoms with Crippen LogP contribution in [0.2, 0.25) is 0 Å². The third kappa shape index (κ3) is 3.21. The van der Waals surface area contributed by atoms with Crippen LogP contribution in [-0.2, 0) is 14.3 Å². The number of hydrogen-bond acceptors (Lipinski definition) is 5. The molecule has 0 radical (unpaired) electrons. The zero-order chi connectivity index (χ0) is 14.4. The first-order chi connectivity index (χ1) is 9.69. The highest BCUT2D eigenvalue weighted by Gasteiger charge is 2.44. The minimum Gasteiger partial charge on any atom is -0.409 e. The third-order valence-electron chi connectivity index (χ3n) is 4.24. The van der Waals surface area contributed by atoms with Crippen molar-refractivity contribution in [2.24, 2.45) is 22.2 Å². The molecular weight excluding hydrogens is 262 g/mol. The number of amides is 1. The summed E-state index contributed by atoms with van der Waals surface area (Å²) >= 11 is 0. The van der Waals surface area contributed by atoms with Crippen LogP contribution in [0.4, 0.5) is 0 Å². The highest BCUT2D eigenvalue weighted by molar-refractivity contribution is 6.06. The van der Waals surface area contributed by atoms with Crippen LogP contribution in [0, 0.1) is 11.3 Å². The molecule has 0 aliphatic carbocycles. The number of rotatable bonds is 5. The summed E-state index contributed by atoms with van der Waals surface area (Å²) in [6, 6.07) is 0. The summed E-state index contributed by atoms with van der Waals surface area (Å²) in [4.78, 5) is 12.4. The van der Waals surface area contributed by atoms with Crippen LogP contribution in [0.15, 0.2) is 5.16 Å². The maximum atomic E-state index is 12.4. The Kier molecular flexibility index (Phi) is 5.19. The third-order valence-corrected chi connectivity index (χ3v) is 4.24. The zero-order valence-electron chi connectivity index (χ0n) is 11.6. The van der Waals surface area contributed by atoms with Crippen molar-refractivity contribution in [3.05, 3.63) is 0 Å². The topological polar surface area (TPSA) is 106 Å². The SMILES string of the molecule is NC(=NO)C1(C(=O)NCCC2CCOC2)CCOCC1. The molecule has 2 saturated heterocycles. The zero-order valence-corrected chi connectivity index (χ0v) is 11.6. The second-order valence-corrected chi connectivity index (χ2v) is 5.45. The van der Waals surface area contributed by atoms with Crippen molar-refractivity contribution in [3.63, 3.8) is 0 Å². The molecule has 2 heterocycles. The summed E-state index contributed by atoms with van der Waals surface area (Å²) in [6.45, 7) is 3.06. The Morgan fingerprint density at radius 3 is 2.70 bits per heavy atom. The summed E-state index contributed by atoms with van der Waals surface area (Å²) in [5.74, 6) is 0.322. The van der Waals surface area contributed by atoms with Crippen LogP contribution in [0.3, 0.4) is 0 Å². The van der Waals surface area contributed by atoms with Crippen molar-refractivity contribution < 1.29 is 19.5 Å². The molecule has 2 rings (SSSR count). The minimum atomic E-state index is -0.931. The molecule has 2 fully saturated rings. The van der Waals surface area contributed by atoms with Gasteiger partial charge in [-0.3, -0.25) is 4.79 Å². The van der Waals surface area contributed by atoms with Crippen molar-refractivity contribution in [3.8, 4) is 0 Å². The lowest BCUT2D eigenvalue weighted by Crippen LogP contribution is -2.53. The highest BCUT2D eigenvalue weighted by atomic mass is 16.5. The van der Waals surface area contributed by atoms with Crippen LogP contribution in [0.5, 0.6) is 0 Å². The number of ether oxygens (including phenoxy) is 2. The van der Waals surface area contributed by atoms with E-state index in [-0.39, 0.29) is 11.7 Å². The molecule has 7 heteroatoms. The predicted octanol–water partition coefficient (Wildman–Crippen LogP) is 0.0724. The second-order valence-electron chi connectivity index (χ2n) is 5.45. The molecule has 0 aromatic heterocycles. The van der Waals surface area contributed by atoms with E-state index in [2.05, 4.69) is 10.5 Å². The number of hydrogen-bond donors (Lipinski definition) is 3. The van der Waals surface area contributed by atoms with E-state index in [9.17, 15) is 4.79 Å². The smallest absolute Gasteiger partial charge is 0.234 e. The van der Waals surface area contributed by atoms with Gasteiger partial charge in [0.25, 0.3) is 0 Å². The van der Waals surface area contributed by atoms with Gasteiger partial charge in [-0.2, -0.15) is 0 Å². The molecule has 0 aromatic carbocycles. The second kappa shape index (κ2) is 6.90. The van der Waals surface area contributed by atoms with Gasteiger partial charge in [-0.05, 0) is 31.6 Å². The molecule has 20 heavy (non-hydrogen) atoms. The van der Waals surface area contributed by atoms with E-state index in [1.54, 1.807) is 0 Å². The van der Waals surface area contributed by atoms with Crippen LogP contribution in [0.25, 0.3) is 0 Å². The standard InChI is InChI=1S/C13H23N3O4/c14-11(16-18)13(3-7-19-8-4-13)12(17)15-5-1-10-2-6-20-9-10/h10,18H,1-9H2,(H2,14,16)(H,15,17). The van der Waals surface area contributed by atoms with Gasteiger partial charge in [0.1, 0.15) is 5.41 Å². The fourth-order valence-corrected chi connectivity index (χ4v) is 2.79. The molecule has 0 bridgehead atoms. The summed E-state index contributed by atoms with van der Waals surface area (Å²) in [7, 11) is 0. The molecule has 1 amide bonds. The number of carbonyl (C=O) groups is 1. The molecule has 0 spiro atoms. The maximum Gasteiger partial charge on any atom is 0.234 e. The Balaban J connectivity index is 1.89. The molecule has 1 atom stereocenters. The number of nitrogens with zero attached hydrogens (tertiary/aromatic N) is 1. The monoisotopic (exact) mass is 285 g/mol. The van der Waals surface area contributed by atoms with E-state index in [0.717, 1.165) is 26.1 Å². The fourth-order valence-electron chi connectivity index (χ4n) is 2.79. The number of oxime groups is 1. The number of amidine groups is 1. The van der Waals surface area contributed by atoms with Crippen LogP contribution >= 0.6 is 0 Å². The van der Waals surface area contributed by atoms with Gasteiger partial charge in [0, 0.05) is 33.0 Å². The molecular formula is C13H23N3O4. The summed E-state index contributed by atoms with van der Waals surface area (Å²) in [5.41, 5.74) is 4.81. The van der Waals surface area contributed by atoms with Gasteiger partial charge in [0.15, 0.2) is 5.84 Å². The summed E-state index contributed by atoms with van der Waals surface area (Å²) in [5, 5.41) is 14.9. The van der Waals surface area contributed by atoms with Gasteiger partial charge in [0.2, 0.25) is 5.91 Å². The summed E-state index contributed by atoms with van der Waals surface area (Å²) < 4.78 is 10.6. The number of nitrogens with one attached hydrogen (secondary N) is 1. The Hall–Kier alpha value is -1.34. The van der Waals surface area contributed by atoms with Crippen LogP contribution < -0.4 is 11.1 Å². The van der Waals surface area contributed by atoms with E-state index in [0.29, 0.717) is 38.5 Å². The molecule has 7 nitrogen and oxygen atoms in total. The van der Waals surface area contributed by atoms with Crippen LogP contribution in [0.1, 0.15) is 25.7 Å². The van der Waals surface area contributed by atoms with E-state index in [4.69, 9.17) is 20.4 Å². The highest BCUT2D eigenvalue weighted by Crippen LogP contribution is 2.31. The van der Waals surface area contributed by atoms with Gasteiger partial charge in [-0.1, -0.05) is 5.16 Å². The average Bonchev–Trinajstić information content (AvgIpc) is 3.00. The van der Waals surface area contributed by atoms with Crippen molar-refractivity contribution in [2.45, 2.75) is 25.7 Å². The Bertz CT molecular complexity index is 361. The quantitative estimate of drug-likeness (QED) is 0.287. The first kappa shape index (κ1) is 15.1. The lowest BCUT2D eigenvalue weighted by atomic mass is 9.78. The van der Waals surface area contributed by atoms with Crippen molar-refractivity contribution in [2.75, 3.05) is 33.0 Å². The number of carbonyl (C=O) groups excluding carboxylic acids is 1. The van der Waals surface area contributed by atoms with Crippen molar-refractivity contribution in [1.29, 1.82) is 0 Å². The fraction of sp³-hybridized carbons (Fsp3) is 0.846. The number of nitrogens with two attached hydrogens (primary N) is 1. The van der Waals surface area contributed by atoms with Gasteiger partial charge in [-0.15, -0.1) is 0 Å². The summed E-state index contributed by atoms with van der Waals surface area (Å²) in [6.07, 6.45) is 2.84. The van der Waals surface area contributed by atoms with E-state index >= 15 is 0 Å². The van der Waals surface area contributed by atoms with Gasteiger partial charge in [-0.25, -0.2) is 0 Å². The largest absolute Gasteiger partial charge is 0.409 e. The van der Waals surface area contributed by atoms with Gasteiger partial charge < -0.3 is 25.7 Å². The molecule has 114 valence electrons. The Morgan fingerprint density at radius 2 is 2.10 bits per heavy atom. The molecule has 1 unspecified atom stereocenters. The first-order valence-corrected chi connectivity index (χ1v) is 7.11. The van der Waals surface area contributed by atoms with E-state index in [1.165, 1.54) is 0 Å². The molecule has 0 aromatic rings. The maximum absolute atomic E-state index is 12.4. The molecule has 0 saturated carbocycles. The Labute approximate surface area is 118 Å². The van der Waals surface area contributed by atoms with E-state index < -0.39 is 5.41 Å². The van der Waals surface area contributed by atoms with E-state index in [1.807, 2.05) is 0 Å². The van der Waals surface area contributed by atoms with Crippen molar-refractivity contribution in [1.82, 2.24) is 5.32 Å². The van der Waals surface area contributed by atoms with Crippen LogP contribution in [-0.4, -0.2) is 49.9 Å². The normalized spacial score (nSPS) is 26.4. The molecule has 4 N–H and O–H groups in total. The first-order valence-electron chi connectivity index (χ1n) is 7.11. The Morgan fingerprint density at radius 1 is 1.35 bits per heavy atom. The molecule has 2 aliphatic heterocycles. The van der Waals surface area contributed by atoms with Crippen molar-refractivity contribution >= 4 is 11.7 Å². The van der Waals surface area contributed by atoms with Gasteiger partial charge >= 0.3 is 0 Å². The predicted molar refractivity (Wildman–Crippen MR) is 72.4 cm³/mol.